The highest BCUT2D eigenvalue weighted by Gasteiger charge is 2.26. The first-order chi connectivity index (χ1) is 14.9. The van der Waals surface area contributed by atoms with Gasteiger partial charge in [0, 0.05) is 43.0 Å². The SMILES string of the molecule is CCN1C(=O)CCc2cc(NC(=O)c3ccc(S(=O)(=O)N4CCOCC4)cc3)ccc21. The Morgan fingerprint density at radius 2 is 1.77 bits per heavy atom. The summed E-state index contributed by atoms with van der Waals surface area (Å²) in [5, 5.41) is 2.86. The Morgan fingerprint density at radius 1 is 1.06 bits per heavy atom. The monoisotopic (exact) mass is 443 g/mol. The van der Waals surface area contributed by atoms with Crippen LogP contribution >= 0.6 is 0 Å². The predicted molar refractivity (Wildman–Crippen MR) is 117 cm³/mol. The molecule has 2 heterocycles. The van der Waals surface area contributed by atoms with Crippen LogP contribution in [0.25, 0.3) is 0 Å². The van der Waals surface area contributed by atoms with Crippen molar-refractivity contribution in [3.8, 4) is 0 Å². The summed E-state index contributed by atoms with van der Waals surface area (Å²) in [6.45, 7) is 3.95. The Hall–Kier alpha value is -2.75. The number of sulfonamides is 1. The van der Waals surface area contributed by atoms with Gasteiger partial charge in [0.1, 0.15) is 0 Å². The zero-order valence-electron chi connectivity index (χ0n) is 17.3. The number of rotatable bonds is 5. The number of fused-ring (bicyclic) bond motifs is 1. The van der Waals surface area contributed by atoms with Crippen molar-refractivity contribution in [3.05, 3.63) is 53.6 Å². The van der Waals surface area contributed by atoms with Gasteiger partial charge in [0.2, 0.25) is 15.9 Å². The van der Waals surface area contributed by atoms with Gasteiger partial charge in [-0.1, -0.05) is 0 Å². The molecule has 0 bridgehead atoms. The first kappa shape index (κ1) is 21.5. The molecule has 0 aliphatic carbocycles. The number of morpholine rings is 1. The summed E-state index contributed by atoms with van der Waals surface area (Å²) in [7, 11) is -3.60. The van der Waals surface area contributed by atoms with Crippen molar-refractivity contribution in [2.24, 2.45) is 0 Å². The van der Waals surface area contributed by atoms with Gasteiger partial charge in [-0.2, -0.15) is 4.31 Å². The number of benzene rings is 2. The van der Waals surface area contributed by atoms with Gasteiger partial charge in [-0.15, -0.1) is 0 Å². The Balaban J connectivity index is 1.47. The van der Waals surface area contributed by atoms with Crippen molar-refractivity contribution in [2.75, 3.05) is 43.1 Å². The molecule has 0 spiro atoms. The minimum atomic E-state index is -3.60. The van der Waals surface area contributed by atoms with Crippen LogP contribution in [0.3, 0.4) is 0 Å². The van der Waals surface area contributed by atoms with E-state index in [0.717, 1.165) is 11.3 Å². The van der Waals surface area contributed by atoms with Gasteiger partial charge >= 0.3 is 0 Å². The van der Waals surface area contributed by atoms with Crippen molar-refractivity contribution in [1.82, 2.24) is 4.31 Å². The summed E-state index contributed by atoms with van der Waals surface area (Å²) in [5.41, 5.74) is 2.91. The zero-order chi connectivity index (χ0) is 22.0. The molecular formula is C22H25N3O5S. The number of aryl methyl sites for hydroxylation is 1. The zero-order valence-corrected chi connectivity index (χ0v) is 18.2. The molecule has 1 saturated heterocycles. The summed E-state index contributed by atoms with van der Waals surface area (Å²) in [6.07, 6.45) is 1.10. The molecule has 2 aliphatic heterocycles. The highest BCUT2D eigenvalue weighted by molar-refractivity contribution is 7.89. The fraction of sp³-hybridized carbons (Fsp3) is 0.364. The molecule has 164 valence electrons. The maximum atomic E-state index is 12.7. The summed E-state index contributed by atoms with van der Waals surface area (Å²) < 4.78 is 32.0. The second-order valence-electron chi connectivity index (χ2n) is 7.48. The van der Waals surface area contributed by atoms with Crippen LogP contribution in [0, 0.1) is 0 Å². The largest absolute Gasteiger partial charge is 0.379 e. The molecule has 0 aromatic heterocycles. The molecule has 0 unspecified atom stereocenters. The molecule has 0 saturated carbocycles. The molecule has 0 atom stereocenters. The van der Waals surface area contributed by atoms with Crippen molar-refractivity contribution in [1.29, 1.82) is 0 Å². The van der Waals surface area contributed by atoms with Crippen LogP contribution in [0.4, 0.5) is 11.4 Å². The van der Waals surface area contributed by atoms with E-state index in [1.54, 1.807) is 11.0 Å². The summed E-state index contributed by atoms with van der Waals surface area (Å²) in [6, 6.07) is 11.4. The highest BCUT2D eigenvalue weighted by atomic mass is 32.2. The average molecular weight is 444 g/mol. The summed E-state index contributed by atoms with van der Waals surface area (Å²) in [5.74, 6) is -0.214. The molecule has 2 aliphatic rings. The average Bonchev–Trinajstić information content (AvgIpc) is 2.80. The number of hydrogen-bond donors (Lipinski definition) is 1. The van der Waals surface area contributed by atoms with Crippen LogP contribution in [-0.2, 0) is 26.0 Å². The number of ether oxygens (including phenoxy) is 1. The van der Waals surface area contributed by atoms with E-state index in [-0.39, 0.29) is 16.7 Å². The molecular weight excluding hydrogens is 418 g/mol. The lowest BCUT2D eigenvalue weighted by Crippen LogP contribution is -2.40. The summed E-state index contributed by atoms with van der Waals surface area (Å²) in [4.78, 5) is 26.6. The number of carbonyl (C=O) groups excluding carboxylic acids is 2. The van der Waals surface area contributed by atoms with Crippen LogP contribution < -0.4 is 10.2 Å². The highest BCUT2D eigenvalue weighted by Crippen LogP contribution is 2.30. The number of carbonyl (C=O) groups is 2. The lowest BCUT2D eigenvalue weighted by atomic mass is 10.0. The van der Waals surface area contributed by atoms with Gasteiger partial charge in [0.05, 0.1) is 18.1 Å². The molecule has 2 aromatic carbocycles. The minimum absolute atomic E-state index is 0.110. The van der Waals surface area contributed by atoms with Crippen molar-refractivity contribution >= 4 is 33.2 Å². The molecule has 4 rings (SSSR count). The molecule has 8 nitrogen and oxygen atoms in total. The third kappa shape index (κ3) is 4.34. The van der Waals surface area contributed by atoms with E-state index in [9.17, 15) is 18.0 Å². The topological polar surface area (TPSA) is 96.0 Å². The van der Waals surface area contributed by atoms with Gasteiger partial charge in [0.15, 0.2) is 0 Å². The molecule has 9 heteroatoms. The van der Waals surface area contributed by atoms with Gasteiger partial charge in [-0.25, -0.2) is 8.42 Å². The molecule has 31 heavy (non-hydrogen) atoms. The Labute approximate surface area is 181 Å². The van der Waals surface area contributed by atoms with Gasteiger partial charge < -0.3 is 15.0 Å². The summed E-state index contributed by atoms with van der Waals surface area (Å²) >= 11 is 0. The molecule has 0 radical (unpaired) electrons. The van der Waals surface area contributed by atoms with Crippen molar-refractivity contribution in [2.45, 2.75) is 24.7 Å². The van der Waals surface area contributed by atoms with E-state index < -0.39 is 10.0 Å². The van der Waals surface area contributed by atoms with E-state index in [4.69, 9.17) is 4.74 Å². The van der Waals surface area contributed by atoms with Crippen LogP contribution in [-0.4, -0.2) is 57.4 Å². The second-order valence-corrected chi connectivity index (χ2v) is 9.41. The number of nitrogens with zero attached hydrogens (tertiary/aromatic N) is 2. The van der Waals surface area contributed by atoms with Crippen molar-refractivity contribution in [3.63, 3.8) is 0 Å². The standard InChI is InChI=1S/C22H25N3O5S/c1-2-25-20-9-6-18(15-17(20)5-10-21(25)26)23-22(27)16-3-7-19(8-4-16)31(28,29)24-11-13-30-14-12-24/h3-4,6-9,15H,2,5,10-14H2,1H3,(H,23,27). The van der Waals surface area contributed by atoms with Crippen LogP contribution in [0.2, 0.25) is 0 Å². The molecule has 2 amide bonds. The quantitative estimate of drug-likeness (QED) is 0.765. The maximum absolute atomic E-state index is 12.7. The number of hydrogen-bond acceptors (Lipinski definition) is 5. The van der Waals surface area contributed by atoms with E-state index in [0.29, 0.717) is 56.9 Å². The first-order valence-electron chi connectivity index (χ1n) is 10.3. The Morgan fingerprint density at radius 3 is 2.45 bits per heavy atom. The molecule has 2 aromatic rings. The minimum Gasteiger partial charge on any atom is -0.379 e. The number of nitrogens with one attached hydrogen (secondary N) is 1. The normalized spacial score (nSPS) is 17.3. The fourth-order valence-electron chi connectivity index (χ4n) is 3.90. The second kappa shape index (κ2) is 8.78. The van der Waals surface area contributed by atoms with Gasteiger partial charge in [-0.3, -0.25) is 9.59 Å². The van der Waals surface area contributed by atoms with Crippen LogP contribution in [0.1, 0.15) is 29.3 Å². The fourth-order valence-corrected chi connectivity index (χ4v) is 5.31. The number of amides is 2. The van der Waals surface area contributed by atoms with E-state index in [1.165, 1.54) is 28.6 Å². The van der Waals surface area contributed by atoms with Crippen molar-refractivity contribution < 1.29 is 22.7 Å². The van der Waals surface area contributed by atoms with E-state index >= 15 is 0 Å². The van der Waals surface area contributed by atoms with Crippen LogP contribution in [0.15, 0.2) is 47.4 Å². The lowest BCUT2D eigenvalue weighted by Gasteiger charge is -2.28. The predicted octanol–water partition coefficient (Wildman–Crippen LogP) is 2.26. The smallest absolute Gasteiger partial charge is 0.255 e. The third-order valence-corrected chi connectivity index (χ3v) is 7.49. The Kier molecular flexibility index (Phi) is 6.08. The molecule has 1 fully saturated rings. The lowest BCUT2D eigenvalue weighted by molar-refractivity contribution is -0.118. The molecule has 1 N–H and O–H groups in total. The maximum Gasteiger partial charge on any atom is 0.255 e. The number of anilines is 2. The van der Waals surface area contributed by atoms with Crippen LogP contribution in [0.5, 0.6) is 0 Å². The van der Waals surface area contributed by atoms with Gasteiger partial charge in [0.25, 0.3) is 5.91 Å². The first-order valence-corrected chi connectivity index (χ1v) is 11.8. The van der Waals surface area contributed by atoms with E-state index in [1.807, 2.05) is 19.1 Å². The van der Waals surface area contributed by atoms with E-state index in [2.05, 4.69) is 5.32 Å². The third-order valence-electron chi connectivity index (χ3n) is 5.58. The van der Waals surface area contributed by atoms with Gasteiger partial charge in [-0.05, 0) is 61.4 Å². The Bertz CT molecular complexity index is 1090.